The van der Waals surface area contributed by atoms with Crippen molar-refractivity contribution in [3.05, 3.63) is 38.4 Å². The standard InChI is InChI=1S/C12H15N3O6/c1-3-7(2)10(12(16)17)13-11-8(14(18)19)5-4-6-9(11)15(20)21/h4-7,10,13H,3H2,1-2H3,(H,16,17). The van der Waals surface area contributed by atoms with Crippen molar-refractivity contribution in [3.8, 4) is 0 Å². The molecular formula is C12H15N3O6. The number of nitro benzene ring substituents is 2. The maximum atomic E-state index is 11.3. The van der Waals surface area contributed by atoms with Crippen LogP contribution in [0.2, 0.25) is 0 Å². The Labute approximate surface area is 119 Å². The van der Waals surface area contributed by atoms with Crippen LogP contribution in [-0.4, -0.2) is 27.0 Å². The number of hydrogen-bond donors (Lipinski definition) is 2. The molecule has 0 fully saturated rings. The fourth-order valence-electron chi connectivity index (χ4n) is 1.82. The molecule has 9 heteroatoms. The summed E-state index contributed by atoms with van der Waals surface area (Å²) in [4.78, 5) is 31.7. The predicted octanol–water partition coefficient (Wildman–Crippen LogP) is 2.41. The van der Waals surface area contributed by atoms with Crippen LogP contribution in [0.25, 0.3) is 0 Å². The van der Waals surface area contributed by atoms with Crippen LogP contribution in [0.1, 0.15) is 20.3 Å². The van der Waals surface area contributed by atoms with Gasteiger partial charge in [-0.3, -0.25) is 20.2 Å². The molecule has 0 bridgehead atoms. The van der Waals surface area contributed by atoms with Crippen molar-refractivity contribution in [1.82, 2.24) is 0 Å². The van der Waals surface area contributed by atoms with Crippen LogP contribution in [0.5, 0.6) is 0 Å². The Balaban J connectivity index is 3.35. The van der Waals surface area contributed by atoms with Crippen molar-refractivity contribution in [2.45, 2.75) is 26.3 Å². The second-order valence-corrected chi connectivity index (χ2v) is 4.53. The summed E-state index contributed by atoms with van der Waals surface area (Å²) in [6.07, 6.45) is 0.498. The van der Waals surface area contributed by atoms with Gasteiger partial charge in [0.15, 0.2) is 5.69 Å². The summed E-state index contributed by atoms with van der Waals surface area (Å²) in [5.74, 6) is -1.58. The lowest BCUT2D eigenvalue weighted by Crippen LogP contribution is -2.35. The molecule has 1 aromatic carbocycles. The van der Waals surface area contributed by atoms with E-state index in [0.717, 1.165) is 12.1 Å². The van der Waals surface area contributed by atoms with E-state index in [2.05, 4.69) is 5.32 Å². The first kappa shape index (κ1) is 16.3. The van der Waals surface area contributed by atoms with Gasteiger partial charge in [-0.05, 0) is 12.0 Å². The number of anilines is 1. The van der Waals surface area contributed by atoms with E-state index in [1.165, 1.54) is 6.07 Å². The minimum absolute atomic E-state index is 0.359. The number of para-hydroxylation sites is 1. The summed E-state index contributed by atoms with van der Waals surface area (Å²) in [6.45, 7) is 3.41. The van der Waals surface area contributed by atoms with Gasteiger partial charge >= 0.3 is 5.97 Å². The van der Waals surface area contributed by atoms with Gasteiger partial charge in [0.05, 0.1) is 9.85 Å². The molecule has 0 radical (unpaired) electrons. The molecule has 0 spiro atoms. The Bertz CT molecular complexity index is 542. The lowest BCUT2D eigenvalue weighted by Gasteiger charge is -2.20. The van der Waals surface area contributed by atoms with E-state index in [1.54, 1.807) is 13.8 Å². The largest absolute Gasteiger partial charge is 0.480 e. The summed E-state index contributed by atoms with van der Waals surface area (Å²) in [6, 6.07) is 2.20. The van der Waals surface area contributed by atoms with Gasteiger partial charge in [0.25, 0.3) is 11.4 Å². The SMILES string of the molecule is CCC(C)C(Nc1c([N+](=O)[O-])cccc1[N+](=O)[O-])C(=O)O. The van der Waals surface area contributed by atoms with Crippen molar-refractivity contribution in [3.63, 3.8) is 0 Å². The van der Waals surface area contributed by atoms with Crippen LogP contribution in [0.4, 0.5) is 17.1 Å². The second-order valence-electron chi connectivity index (χ2n) is 4.53. The summed E-state index contributed by atoms with van der Waals surface area (Å²) >= 11 is 0. The van der Waals surface area contributed by atoms with Crippen molar-refractivity contribution >= 4 is 23.0 Å². The van der Waals surface area contributed by atoms with E-state index in [4.69, 9.17) is 0 Å². The third kappa shape index (κ3) is 3.65. The molecule has 0 saturated carbocycles. The van der Waals surface area contributed by atoms with Gasteiger partial charge in [-0.15, -0.1) is 0 Å². The fourth-order valence-corrected chi connectivity index (χ4v) is 1.82. The molecule has 0 amide bonds. The van der Waals surface area contributed by atoms with Crippen molar-refractivity contribution in [2.24, 2.45) is 5.92 Å². The number of carboxylic acids is 1. The first-order valence-corrected chi connectivity index (χ1v) is 6.20. The minimum Gasteiger partial charge on any atom is -0.480 e. The molecule has 0 aliphatic heterocycles. The molecule has 2 N–H and O–H groups in total. The van der Waals surface area contributed by atoms with E-state index in [1.807, 2.05) is 0 Å². The van der Waals surface area contributed by atoms with Gasteiger partial charge < -0.3 is 10.4 Å². The molecule has 9 nitrogen and oxygen atoms in total. The monoisotopic (exact) mass is 297 g/mol. The Morgan fingerprint density at radius 1 is 1.29 bits per heavy atom. The van der Waals surface area contributed by atoms with E-state index in [9.17, 15) is 30.1 Å². The quantitative estimate of drug-likeness (QED) is 0.582. The highest BCUT2D eigenvalue weighted by Crippen LogP contribution is 2.35. The number of aliphatic carboxylic acids is 1. The normalized spacial score (nSPS) is 13.2. The van der Waals surface area contributed by atoms with Crippen LogP contribution < -0.4 is 5.32 Å². The molecule has 0 aliphatic rings. The first-order valence-electron chi connectivity index (χ1n) is 6.20. The van der Waals surface area contributed by atoms with E-state index in [-0.39, 0.29) is 11.6 Å². The Kier molecular flexibility index (Phi) is 5.17. The van der Waals surface area contributed by atoms with Gasteiger partial charge in [0.2, 0.25) is 0 Å². The maximum absolute atomic E-state index is 11.3. The molecule has 114 valence electrons. The lowest BCUT2D eigenvalue weighted by atomic mass is 9.98. The van der Waals surface area contributed by atoms with Crippen molar-refractivity contribution < 1.29 is 19.7 Å². The number of rotatable bonds is 7. The van der Waals surface area contributed by atoms with Crippen molar-refractivity contribution in [1.29, 1.82) is 0 Å². The smallest absolute Gasteiger partial charge is 0.326 e. The maximum Gasteiger partial charge on any atom is 0.326 e. The summed E-state index contributed by atoms with van der Waals surface area (Å²) in [7, 11) is 0. The number of hydrogen-bond acceptors (Lipinski definition) is 6. The molecule has 21 heavy (non-hydrogen) atoms. The lowest BCUT2D eigenvalue weighted by molar-refractivity contribution is -0.392. The molecular weight excluding hydrogens is 282 g/mol. The summed E-state index contributed by atoms with van der Waals surface area (Å²) in [5.41, 5.74) is -1.45. The topological polar surface area (TPSA) is 136 Å². The number of carboxylic acid groups (broad SMARTS) is 1. The van der Waals surface area contributed by atoms with Crippen molar-refractivity contribution in [2.75, 3.05) is 5.32 Å². The van der Waals surface area contributed by atoms with E-state index >= 15 is 0 Å². The highest BCUT2D eigenvalue weighted by molar-refractivity contribution is 5.82. The first-order chi connectivity index (χ1) is 9.79. The molecule has 0 aromatic heterocycles. The molecule has 1 aromatic rings. The van der Waals surface area contributed by atoms with Crippen LogP contribution in [-0.2, 0) is 4.79 Å². The van der Waals surface area contributed by atoms with Crippen LogP contribution in [0, 0.1) is 26.1 Å². The van der Waals surface area contributed by atoms with Gasteiger partial charge in [-0.2, -0.15) is 0 Å². The van der Waals surface area contributed by atoms with Gasteiger partial charge in [-0.1, -0.05) is 20.3 Å². The summed E-state index contributed by atoms with van der Waals surface area (Å²) < 4.78 is 0. The highest BCUT2D eigenvalue weighted by Gasteiger charge is 2.31. The van der Waals surface area contributed by atoms with Crippen LogP contribution >= 0.6 is 0 Å². The Hall–Kier alpha value is -2.71. The molecule has 1 rings (SSSR count). The average molecular weight is 297 g/mol. The average Bonchev–Trinajstić information content (AvgIpc) is 2.42. The number of nitro groups is 2. The zero-order valence-electron chi connectivity index (χ0n) is 11.5. The van der Waals surface area contributed by atoms with E-state index in [0.29, 0.717) is 6.42 Å². The Morgan fingerprint density at radius 2 is 1.76 bits per heavy atom. The molecule has 2 atom stereocenters. The number of carbonyl (C=O) groups is 1. The fraction of sp³-hybridized carbons (Fsp3) is 0.417. The molecule has 0 saturated heterocycles. The second kappa shape index (κ2) is 6.64. The summed E-state index contributed by atoms with van der Waals surface area (Å²) in [5, 5.41) is 33.6. The van der Waals surface area contributed by atoms with Crippen LogP contribution in [0.3, 0.4) is 0 Å². The molecule has 0 aliphatic carbocycles. The van der Waals surface area contributed by atoms with Crippen LogP contribution in [0.15, 0.2) is 18.2 Å². The third-order valence-electron chi connectivity index (χ3n) is 3.19. The number of nitrogens with zero attached hydrogens (tertiary/aromatic N) is 2. The van der Waals surface area contributed by atoms with Gasteiger partial charge in [0.1, 0.15) is 6.04 Å². The Morgan fingerprint density at radius 3 is 2.10 bits per heavy atom. The highest BCUT2D eigenvalue weighted by atomic mass is 16.6. The minimum atomic E-state index is -1.23. The predicted molar refractivity (Wildman–Crippen MR) is 74.3 cm³/mol. The number of benzene rings is 1. The van der Waals surface area contributed by atoms with E-state index < -0.39 is 33.2 Å². The molecule has 2 unspecified atom stereocenters. The molecule has 0 heterocycles. The van der Waals surface area contributed by atoms with Gasteiger partial charge in [0, 0.05) is 12.1 Å². The third-order valence-corrected chi connectivity index (χ3v) is 3.19. The van der Waals surface area contributed by atoms with Gasteiger partial charge in [-0.25, -0.2) is 4.79 Å². The number of nitrogens with one attached hydrogen (secondary N) is 1. The zero-order valence-corrected chi connectivity index (χ0v) is 11.5. The zero-order chi connectivity index (χ0) is 16.2.